The number of hydrogen-bond acceptors (Lipinski definition) is 5. The summed E-state index contributed by atoms with van der Waals surface area (Å²) in [4.78, 5) is 2.48. The Labute approximate surface area is 121 Å². The summed E-state index contributed by atoms with van der Waals surface area (Å²) in [5, 5.41) is 11.8. The van der Waals surface area contributed by atoms with E-state index in [0.717, 1.165) is 25.6 Å². The van der Waals surface area contributed by atoms with Gasteiger partial charge in [-0.15, -0.1) is 5.10 Å². The van der Waals surface area contributed by atoms with Crippen LogP contribution < -0.4 is 5.73 Å². The first kappa shape index (κ1) is 12.7. The molecule has 1 aromatic carbocycles. The van der Waals surface area contributed by atoms with Crippen LogP contribution in [0.25, 0.3) is 11.4 Å². The average Bonchev–Trinajstić information content (AvgIpc) is 3.02. The molecule has 4 rings (SSSR count). The Hall–Kier alpha value is -2.02. The van der Waals surface area contributed by atoms with Gasteiger partial charge in [0.1, 0.15) is 5.82 Å². The van der Waals surface area contributed by atoms with Crippen LogP contribution in [0.1, 0.15) is 25.3 Å². The summed E-state index contributed by atoms with van der Waals surface area (Å²) in [6.45, 7) is 2.00. The molecule has 0 amide bonds. The highest BCUT2D eigenvalue weighted by Crippen LogP contribution is 2.34. The highest BCUT2D eigenvalue weighted by atomic mass is 19.1. The molecule has 2 N–H and O–H groups in total. The number of rotatable bonds is 3. The minimum atomic E-state index is -0.350. The van der Waals surface area contributed by atoms with E-state index in [0.29, 0.717) is 17.1 Å². The second-order valence-corrected chi connectivity index (χ2v) is 5.85. The fraction of sp³-hybridized carbons (Fsp3) is 0.500. The topological polar surface area (TPSA) is 72.9 Å². The minimum absolute atomic E-state index is 0.205. The van der Waals surface area contributed by atoms with E-state index in [1.807, 2.05) is 0 Å². The van der Waals surface area contributed by atoms with E-state index in [-0.39, 0.29) is 11.9 Å². The third-order valence-electron chi connectivity index (χ3n) is 4.33. The number of benzene rings is 1. The number of nitrogen functional groups attached to an aromatic ring is 1. The Morgan fingerprint density at radius 3 is 2.86 bits per heavy atom. The van der Waals surface area contributed by atoms with E-state index in [1.54, 1.807) is 10.7 Å². The number of anilines is 1. The predicted molar refractivity (Wildman–Crippen MR) is 75.9 cm³/mol. The molecule has 110 valence electrons. The fourth-order valence-electron chi connectivity index (χ4n) is 3.07. The lowest BCUT2D eigenvalue weighted by atomic mass is 10.1. The quantitative estimate of drug-likeness (QED) is 0.866. The Morgan fingerprint density at radius 1 is 1.19 bits per heavy atom. The number of likely N-dealkylation sites (tertiary alicyclic amines) is 1. The molecule has 1 unspecified atom stereocenters. The molecule has 0 spiro atoms. The van der Waals surface area contributed by atoms with Gasteiger partial charge in [-0.1, -0.05) is 0 Å². The molecule has 21 heavy (non-hydrogen) atoms. The molecule has 2 aromatic rings. The Morgan fingerprint density at radius 2 is 2.05 bits per heavy atom. The van der Waals surface area contributed by atoms with Gasteiger partial charge >= 0.3 is 0 Å². The van der Waals surface area contributed by atoms with Crippen LogP contribution in [0.3, 0.4) is 0 Å². The number of tetrazole rings is 1. The van der Waals surface area contributed by atoms with Crippen molar-refractivity contribution in [1.29, 1.82) is 0 Å². The molecule has 1 saturated carbocycles. The van der Waals surface area contributed by atoms with Crippen molar-refractivity contribution in [2.45, 2.75) is 31.3 Å². The SMILES string of the molecule is Nc1ccc(F)c(-c2nnnn2C2CCN(C3CC3)C2)c1. The van der Waals surface area contributed by atoms with Crippen LogP contribution >= 0.6 is 0 Å². The number of nitrogens with zero attached hydrogens (tertiary/aromatic N) is 5. The number of aromatic nitrogens is 4. The van der Waals surface area contributed by atoms with Crippen LogP contribution in [-0.4, -0.2) is 44.2 Å². The number of hydrogen-bond donors (Lipinski definition) is 1. The van der Waals surface area contributed by atoms with Gasteiger partial charge in [-0.2, -0.15) is 0 Å². The average molecular weight is 288 g/mol. The Bertz CT molecular complexity index is 665. The molecule has 0 bridgehead atoms. The molecule has 2 aliphatic rings. The van der Waals surface area contributed by atoms with E-state index in [2.05, 4.69) is 20.4 Å². The third kappa shape index (κ3) is 2.27. The summed E-state index contributed by atoms with van der Waals surface area (Å²) < 4.78 is 15.8. The molecular weight excluding hydrogens is 271 g/mol. The predicted octanol–water partition coefficient (Wildman–Crippen LogP) is 1.47. The van der Waals surface area contributed by atoms with E-state index in [9.17, 15) is 4.39 Å². The van der Waals surface area contributed by atoms with Crippen molar-refractivity contribution >= 4 is 5.69 Å². The molecule has 6 nitrogen and oxygen atoms in total. The van der Waals surface area contributed by atoms with E-state index in [4.69, 9.17) is 5.73 Å². The first-order valence-corrected chi connectivity index (χ1v) is 7.29. The maximum absolute atomic E-state index is 14.0. The zero-order valence-electron chi connectivity index (χ0n) is 11.6. The summed E-state index contributed by atoms with van der Waals surface area (Å²) in [6, 6.07) is 5.42. The molecule has 7 heteroatoms. The van der Waals surface area contributed by atoms with Crippen LogP contribution in [0.4, 0.5) is 10.1 Å². The summed E-state index contributed by atoms with van der Waals surface area (Å²) in [6.07, 6.45) is 3.58. The summed E-state index contributed by atoms with van der Waals surface area (Å²) in [7, 11) is 0. The Kier molecular flexibility index (Phi) is 2.88. The smallest absolute Gasteiger partial charge is 0.185 e. The lowest BCUT2D eigenvalue weighted by molar-refractivity contribution is 0.309. The van der Waals surface area contributed by atoms with Crippen molar-refractivity contribution in [1.82, 2.24) is 25.1 Å². The normalized spacial score (nSPS) is 22.8. The maximum atomic E-state index is 14.0. The summed E-state index contributed by atoms with van der Waals surface area (Å²) in [5.41, 5.74) is 6.63. The second kappa shape index (κ2) is 4.77. The van der Waals surface area contributed by atoms with Gasteiger partial charge in [0.15, 0.2) is 5.82 Å². The van der Waals surface area contributed by atoms with Crippen molar-refractivity contribution in [3.05, 3.63) is 24.0 Å². The van der Waals surface area contributed by atoms with Crippen molar-refractivity contribution in [3.8, 4) is 11.4 Å². The van der Waals surface area contributed by atoms with Crippen molar-refractivity contribution < 1.29 is 4.39 Å². The lowest BCUT2D eigenvalue weighted by Crippen LogP contribution is -2.24. The van der Waals surface area contributed by atoms with Gasteiger partial charge in [0, 0.05) is 24.8 Å². The van der Waals surface area contributed by atoms with E-state index in [1.165, 1.54) is 25.0 Å². The molecule has 1 aliphatic carbocycles. The van der Waals surface area contributed by atoms with Crippen molar-refractivity contribution in [2.24, 2.45) is 0 Å². The van der Waals surface area contributed by atoms with Gasteiger partial charge in [-0.05, 0) is 47.9 Å². The number of nitrogens with two attached hydrogens (primary N) is 1. The zero-order chi connectivity index (χ0) is 14.4. The van der Waals surface area contributed by atoms with Gasteiger partial charge < -0.3 is 5.73 Å². The summed E-state index contributed by atoms with van der Waals surface area (Å²) >= 11 is 0. The van der Waals surface area contributed by atoms with Crippen LogP contribution in [0.5, 0.6) is 0 Å². The third-order valence-corrected chi connectivity index (χ3v) is 4.33. The monoisotopic (exact) mass is 288 g/mol. The van der Waals surface area contributed by atoms with Crippen LogP contribution in [-0.2, 0) is 0 Å². The minimum Gasteiger partial charge on any atom is -0.399 e. The molecule has 0 radical (unpaired) electrons. The summed E-state index contributed by atoms with van der Waals surface area (Å²) in [5.74, 6) is 0.111. The van der Waals surface area contributed by atoms with Gasteiger partial charge in [0.25, 0.3) is 0 Å². The zero-order valence-corrected chi connectivity index (χ0v) is 11.6. The van der Waals surface area contributed by atoms with Crippen LogP contribution in [0, 0.1) is 5.82 Å². The van der Waals surface area contributed by atoms with Gasteiger partial charge in [-0.25, -0.2) is 9.07 Å². The first-order valence-electron chi connectivity index (χ1n) is 7.29. The molecule has 2 fully saturated rings. The molecule has 1 atom stereocenters. The fourth-order valence-corrected chi connectivity index (χ4v) is 3.07. The largest absolute Gasteiger partial charge is 0.399 e. The highest BCUT2D eigenvalue weighted by Gasteiger charge is 2.36. The van der Waals surface area contributed by atoms with Crippen molar-refractivity contribution in [3.63, 3.8) is 0 Å². The molecule has 2 heterocycles. The highest BCUT2D eigenvalue weighted by molar-refractivity contribution is 5.61. The van der Waals surface area contributed by atoms with Gasteiger partial charge in [0.05, 0.1) is 11.6 Å². The van der Waals surface area contributed by atoms with E-state index >= 15 is 0 Å². The molecule has 1 aliphatic heterocycles. The first-order chi connectivity index (χ1) is 10.2. The maximum Gasteiger partial charge on any atom is 0.185 e. The lowest BCUT2D eigenvalue weighted by Gasteiger charge is -2.15. The van der Waals surface area contributed by atoms with Gasteiger partial charge in [-0.3, -0.25) is 4.90 Å². The molecule has 1 aromatic heterocycles. The van der Waals surface area contributed by atoms with Crippen LogP contribution in [0.15, 0.2) is 18.2 Å². The van der Waals surface area contributed by atoms with Crippen LogP contribution in [0.2, 0.25) is 0 Å². The number of halogens is 1. The standard InChI is InChI=1S/C14H17FN6/c15-13-4-1-9(16)7-12(13)14-17-18-19-21(14)11-5-6-20(8-11)10-2-3-10/h1,4,7,10-11H,2-3,5-6,8,16H2. The van der Waals surface area contributed by atoms with E-state index < -0.39 is 0 Å². The molecular formula is C14H17FN6. The molecule has 1 saturated heterocycles. The van der Waals surface area contributed by atoms with Gasteiger partial charge in [0.2, 0.25) is 0 Å². The van der Waals surface area contributed by atoms with Crippen molar-refractivity contribution in [2.75, 3.05) is 18.8 Å². The second-order valence-electron chi connectivity index (χ2n) is 5.85. The Balaban J connectivity index is 1.66.